The van der Waals surface area contributed by atoms with Gasteiger partial charge in [-0.15, -0.1) is 12.6 Å². The van der Waals surface area contributed by atoms with E-state index in [-0.39, 0.29) is 28.1 Å². The largest absolute Gasteiger partial charge is 0.481 e. The molecule has 1 aromatic rings. The number of thiol groups is 1. The molecule has 0 amide bonds. The molecule has 16 heavy (non-hydrogen) atoms. The number of hydrogen-bond acceptors (Lipinski definition) is 5. The molecule has 0 fully saturated rings. The van der Waals surface area contributed by atoms with E-state index in [4.69, 9.17) is 10.4 Å². The van der Waals surface area contributed by atoms with Gasteiger partial charge in [-0.25, -0.2) is 0 Å². The first-order valence-electron chi connectivity index (χ1n) is 4.08. The summed E-state index contributed by atoms with van der Waals surface area (Å²) in [4.78, 5) is 20.5. The van der Waals surface area contributed by atoms with E-state index >= 15 is 0 Å². The number of aliphatic carboxylic acids is 1. The first kappa shape index (κ1) is 12.0. The molecule has 0 aromatic heterocycles. The lowest BCUT2D eigenvalue weighted by molar-refractivity contribution is -0.385. The molecule has 0 radical (unpaired) electrons. The second kappa shape index (κ2) is 4.63. The summed E-state index contributed by atoms with van der Waals surface area (Å²) in [5.41, 5.74) is -0.138. The first-order valence-corrected chi connectivity index (χ1v) is 4.52. The quantitative estimate of drug-likeness (QED) is 0.470. The summed E-state index contributed by atoms with van der Waals surface area (Å²) in [5, 5.41) is 27.9. The summed E-state index contributed by atoms with van der Waals surface area (Å²) in [7, 11) is 0. The molecule has 0 heterocycles. The summed E-state index contributed by atoms with van der Waals surface area (Å²) in [6.45, 7) is 0. The van der Waals surface area contributed by atoms with Crippen molar-refractivity contribution in [1.29, 1.82) is 5.26 Å². The molecule has 1 rings (SSSR count). The molecular formula is C9H6N2O4S. The normalized spacial score (nSPS) is 9.50. The number of hydrogen-bond donors (Lipinski definition) is 2. The van der Waals surface area contributed by atoms with Crippen LogP contribution in [-0.2, 0) is 11.2 Å². The van der Waals surface area contributed by atoms with Crippen LogP contribution in [0.1, 0.15) is 11.1 Å². The third-order valence-corrected chi connectivity index (χ3v) is 2.27. The lowest BCUT2D eigenvalue weighted by Gasteiger charge is -2.04. The fourth-order valence-corrected chi connectivity index (χ4v) is 1.52. The van der Waals surface area contributed by atoms with Crippen molar-refractivity contribution in [3.05, 3.63) is 33.4 Å². The van der Waals surface area contributed by atoms with Crippen LogP contribution >= 0.6 is 12.6 Å². The van der Waals surface area contributed by atoms with E-state index in [0.29, 0.717) is 0 Å². The number of nitro benzene ring substituents is 1. The standard InChI is InChI=1S/C9H6N2O4S/c10-4-5-1-6(11(14)15)2-8(16)7(5)3-9(12)13/h1-2,16H,3H2,(H,12,13). The molecule has 0 bridgehead atoms. The molecule has 0 unspecified atom stereocenters. The molecule has 0 saturated heterocycles. The molecule has 1 aromatic carbocycles. The summed E-state index contributed by atoms with van der Waals surface area (Å²) in [6.07, 6.45) is -0.389. The average Bonchev–Trinajstić information content (AvgIpc) is 2.19. The fraction of sp³-hybridized carbons (Fsp3) is 0.111. The van der Waals surface area contributed by atoms with Gasteiger partial charge in [-0.3, -0.25) is 14.9 Å². The van der Waals surface area contributed by atoms with Gasteiger partial charge in [0.25, 0.3) is 5.69 Å². The Bertz CT molecular complexity index is 507. The van der Waals surface area contributed by atoms with Crippen molar-refractivity contribution in [3.8, 4) is 6.07 Å². The molecule has 0 atom stereocenters. The van der Waals surface area contributed by atoms with E-state index in [9.17, 15) is 14.9 Å². The highest BCUT2D eigenvalue weighted by Gasteiger charge is 2.16. The van der Waals surface area contributed by atoms with Gasteiger partial charge < -0.3 is 5.11 Å². The topological polar surface area (TPSA) is 104 Å². The van der Waals surface area contributed by atoms with E-state index in [0.717, 1.165) is 12.1 Å². The number of carboxylic acids is 1. The van der Waals surface area contributed by atoms with Gasteiger partial charge in [-0.05, 0) is 5.56 Å². The van der Waals surface area contributed by atoms with Crippen LogP contribution in [0.25, 0.3) is 0 Å². The van der Waals surface area contributed by atoms with Gasteiger partial charge in [0.2, 0.25) is 0 Å². The Labute approximate surface area is 95.7 Å². The Morgan fingerprint density at radius 3 is 2.69 bits per heavy atom. The van der Waals surface area contributed by atoms with Gasteiger partial charge in [0.05, 0.1) is 23.0 Å². The zero-order valence-corrected chi connectivity index (χ0v) is 8.77. The molecule has 0 aliphatic heterocycles. The molecule has 82 valence electrons. The lowest BCUT2D eigenvalue weighted by Crippen LogP contribution is -2.04. The van der Waals surface area contributed by atoms with Crippen LogP contribution in [0.4, 0.5) is 5.69 Å². The second-order valence-electron chi connectivity index (χ2n) is 2.93. The number of nitrogens with zero attached hydrogens (tertiary/aromatic N) is 2. The van der Waals surface area contributed by atoms with Gasteiger partial charge in [-0.1, -0.05) is 0 Å². The zero-order chi connectivity index (χ0) is 12.3. The molecule has 0 aliphatic rings. The van der Waals surface area contributed by atoms with E-state index in [1.165, 1.54) is 0 Å². The first-order chi connectivity index (χ1) is 7.45. The smallest absolute Gasteiger partial charge is 0.307 e. The summed E-state index contributed by atoms with van der Waals surface area (Å²) in [5.74, 6) is -1.12. The summed E-state index contributed by atoms with van der Waals surface area (Å²) in [6, 6.07) is 3.89. The molecule has 1 N–H and O–H groups in total. The molecular weight excluding hydrogens is 232 g/mol. The van der Waals surface area contributed by atoms with E-state index < -0.39 is 10.9 Å². The Morgan fingerprint density at radius 1 is 1.62 bits per heavy atom. The van der Waals surface area contributed by atoms with Gasteiger partial charge in [0.1, 0.15) is 0 Å². The van der Waals surface area contributed by atoms with E-state index in [1.54, 1.807) is 6.07 Å². The third kappa shape index (κ3) is 2.49. The minimum Gasteiger partial charge on any atom is -0.481 e. The van der Waals surface area contributed by atoms with Crippen molar-refractivity contribution in [1.82, 2.24) is 0 Å². The number of non-ortho nitro benzene ring substituents is 1. The predicted octanol–water partition coefficient (Wildman–Crippen LogP) is 1.38. The molecule has 0 saturated carbocycles. The van der Waals surface area contributed by atoms with Gasteiger partial charge in [-0.2, -0.15) is 5.26 Å². The van der Waals surface area contributed by atoms with Crippen molar-refractivity contribution in [2.45, 2.75) is 11.3 Å². The average molecular weight is 238 g/mol. The van der Waals surface area contributed by atoms with Crippen LogP contribution in [0.5, 0.6) is 0 Å². The number of carboxylic acid groups (broad SMARTS) is 1. The second-order valence-corrected chi connectivity index (χ2v) is 3.41. The number of nitriles is 1. The summed E-state index contributed by atoms with van der Waals surface area (Å²) >= 11 is 3.94. The maximum atomic E-state index is 10.5. The number of nitro groups is 1. The summed E-state index contributed by atoms with van der Waals surface area (Å²) < 4.78 is 0. The minimum absolute atomic E-state index is 0.0402. The van der Waals surface area contributed by atoms with Crippen molar-refractivity contribution >= 4 is 24.3 Å². The van der Waals surface area contributed by atoms with E-state index in [2.05, 4.69) is 12.6 Å². The molecule has 0 aliphatic carbocycles. The number of rotatable bonds is 3. The molecule has 0 spiro atoms. The van der Waals surface area contributed by atoms with Crippen LogP contribution in [0.15, 0.2) is 17.0 Å². The van der Waals surface area contributed by atoms with Crippen molar-refractivity contribution in [2.24, 2.45) is 0 Å². The molecule has 7 heteroatoms. The van der Waals surface area contributed by atoms with Crippen LogP contribution < -0.4 is 0 Å². The Kier molecular flexibility index (Phi) is 3.48. The van der Waals surface area contributed by atoms with Gasteiger partial charge >= 0.3 is 5.97 Å². The van der Waals surface area contributed by atoms with Gasteiger partial charge in [0.15, 0.2) is 0 Å². The monoisotopic (exact) mass is 238 g/mol. The maximum Gasteiger partial charge on any atom is 0.307 e. The van der Waals surface area contributed by atoms with Crippen LogP contribution in [0, 0.1) is 21.4 Å². The zero-order valence-electron chi connectivity index (χ0n) is 7.88. The minimum atomic E-state index is -1.12. The van der Waals surface area contributed by atoms with Crippen LogP contribution in [0.3, 0.4) is 0 Å². The van der Waals surface area contributed by atoms with Gasteiger partial charge in [0, 0.05) is 17.0 Å². The van der Waals surface area contributed by atoms with Crippen LogP contribution in [-0.4, -0.2) is 16.0 Å². The van der Waals surface area contributed by atoms with Crippen LogP contribution in [0.2, 0.25) is 0 Å². The van der Waals surface area contributed by atoms with Crippen molar-refractivity contribution in [3.63, 3.8) is 0 Å². The number of carbonyl (C=O) groups is 1. The fourth-order valence-electron chi connectivity index (χ4n) is 1.18. The maximum absolute atomic E-state index is 10.5. The Morgan fingerprint density at radius 2 is 2.25 bits per heavy atom. The SMILES string of the molecule is N#Cc1cc([N+](=O)[O-])cc(S)c1CC(=O)O. The highest BCUT2D eigenvalue weighted by Crippen LogP contribution is 2.25. The predicted molar refractivity (Wildman–Crippen MR) is 56.4 cm³/mol. The Hall–Kier alpha value is -2.07. The number of benzene rings is 1. The molecule has 6 nitrogen and oxygen atoms in total. The lowest BCUT2D eigenvalue weighted by atomic mass is 10.0. The van der Waals surface area contributed by atoms with E-state index in [1.807, 2.05) is 0 Å². The highest BCUT2D eigenvalue weighted by molar-refractivity contribution is 7.80. The van der Waals surface area contributed by atoms with Crippen molar-refractivity contribution < 1.29 is 14.8 Å². The Balaban J connectivity index is 3.35. The van der Waals surface area contributed by atoms with Crippen molar-refractivity contribution in [2.75, 3.05) is 0 Å². The third-order valence-electron chi connectivity index (χ3n) is 1.87. The highest BCUT2D eigenvalue weighted by atomic mass is 32.1.